The van der Waals surface area contributed by atoms with E-state index < -0.39 is 27.9 Å². The Balaban J connectivity index is 1.68. The molecular weight excluding hydrogens is 520 g/mol. The summed E-state index contributed by atoms with van der Waals surface area (Å²) in [7, 11) is -4.15. The number of hydrogen-bond donors (Lipinski definition) is 4. The minimum Gasteiger partial charge on any atom is -0.384 e. The van der Waals surface area contributed by atoms with Gasteiger partial charge in [0.05, 0.1) is 11.8 Å². The second-order valence-corrected chi connectivity index (χ2v) is 10.9. The predicted molar refractivity (Wildman–Crippen MR) is 147 cm³/mol. The molecule has 0 spiro atoms. The van der Waals surface area contributed by atoms with E-state index in [0.717, 1.165) is 25.5 Å². The first-order chi connectivity index (χ1) is 18.5. The number of rotatable bonds is 9. The molecule has 1 aliphatic rings. The van der Waals surface area contributed by atoms with Gasteiger partial charge in [-0.25, -0.2) is 4.79 Å². The number of carbonyl (C=O) groups is 3. The van der Waals surface area contributed by atoms with Gasteiger partial charge in [0.15, 0.2) is 0 Å². The fourth-order valence-corrected chi connectivity index (χ4v) is 4.52. The molecule has 11 heteroatoms. The van der Waals surface area contributed by atoms with Crippen LogP contribution in [-0.4, -0.2) is 44.8 Å². The van der Waals surface area contributed by atoms with Gasteiger partial charge in [-0.1, -0.05) is 30.7 Å². The van der Waals surface area contributed by atoms with Crippen LogP contribution in [0.5, 0.6) is 0 Å². The summed E-state index contributed by atoms with van der Waals surface area (Å²) in [5.41, 5.74) is 7.16. The van der Waals surface area contributed by atoms with E-state index in [-0.39, 0.29) is 28.1 Å². The van der Waals surface area contributed by atoms with Gasteiger partial charge in [0.2, 0.25) is 0 Å². The lowest BCUT2D eigenvalue weighted by molar-refractivity contribution is 0.0748. The first-order valence-corrected chi connectivity index (χ1v) is 14.0. The van der Waals surface area contributed by atoms with Crippen LogP contribution in [0.4, 0.5) is 5.69 Å². The molecule has 0 saturated heterocycles. The van der Waals surface area contributed by atoms with Crippen molar-refractivity contribution in [2.45, 2.75) is 19.3 Å². The van der Waals surface area contributed by atoms with Crippen LogP contribution in [0.3, 0.4) is 0 Å². The normalized spacial score (nSPS) is 13.2. The van der Waals surface area contributed by atoms with Gasteiger partial charge in [-0.3, -0.25) is 15.0 Å². The second-order valence-electron chi connectivity index (χ2n) is 9.33. The standard InChI is InChI=1S/C28H28N4O6S/c1-39(36,37)38-28(35)24-15-19(26(33)31-16-17-5-4-6-17)11-14-22(24)21-7-2-3-8-23(21)27(34)32-20-12-9-18(10-13-20)25(29)30/h2-3,7-15,17H,4-6,16H2,1H3,(H3,29,30)(H,31,33)(H,32,34). The SMILES string of the molecule is CS(=O)(=O)OC(=O)c1cc(C(=O)NCC2CCC2)ccc1-c1ccccc1C(=O)Nc1ccc(C(=N)N)cc1. The number of anilines is 1. The van der Waals surface area contributed by atoms with Crippen LogP contribution in [0.2, 0.25) is 0 Å². The summed E-state index contributed by atoms with van der Waals surface area (Å²) >= 11 is 0. The van der Waals surface area contributed by atoms with E-state index in [0.29, 0.717) is 29.3 Å². The van der Waals surface area contributed by atoms with E-state index in [2.05, 4.69) is 14.8 Å². The monoisotopic (exact) mass is 548 g/mol. The van der Waals surface area contributed by atoms with Gasteiger partial charge in [0.25, 0.3) is 11.8 Å². The Kier molecular flexibility index (Phi) is 8.10. The van der Waals surface area contributed by atoms with Crippen LogP contribution in [0.25, 0.3) is 11.1 Å². The number of amides is 2. The minimum absolute atomic E-state index is 0.105. The maximum absolute atomic E-state index is 13.2. The molecule has 3 aromatic carbocycles. The number of nitrogens with two attached hydrogens (primary N) is 1. The Bertz CT molecular complexity index is 1550. The molecule has 0 aliphatic heterocycles. The largest absolute Gasteiger partial charge is 0.384 e. The van der Waals surface area contributed by atoms with E-state index in [1.165, 1.54) is 18.2 Å². The molecule has 0 bridgehead atoms. The van der Waals surface area contributed by atoms with Crippen molar-refractivity contribution in [3.05, 3.63) is 89.0 Å². The average Bonchev–Trinajstić information content (AvgIpc) is 2.86. The van der Waals surface area contributed by atoms with Crippen molar-refractivity contribution < 1.29 is 27.0 Å². The van der Waals surface area contributed by atoms with E-state index in [1.54, 1.807) is 48.5 Å². The second kappa shape index (κ2) is 11.5. The highest BCUT2D eigenvalue weighted by Crippen LogP contribution is 2.30. The van der Waals surface area contributed by atoms with Gasteiger partial charge in [-0.15, -0.1) is 0 Å². The van der Waals surface area contributed by atoms with Gasteiger partial charge in [0, 0.05) is 28.9 Å². The third-order valence-electron chi connectivity index (χ3n) is 6.42. The summed E-state index contributed by atoms with van der Waals surface area (Å²) in [5, 5.41) is 13.1. The number of amidine groups is 1. The quantitative estimate of drug-likeness (QED) is 0.180. The molecular formula is C28H28N4O6S. The lowest BCUT2D eigenvalue weighted by Crippen LogP contribution is -2.32. The van der Waals surface area contributed by atoms with Crippen LogP contribution < -0.4 is 16.4 Å². The van der Waals surface area contributed by atoms with Gasteiger partial charge >= 0.3 is 16.1 Å². The van der Waals surface area contributed by atoms with E-state index in [4.69, 9.17) is 11.1 Å². The van der Waals surface area contributed by atoms with Gasteiger partial charge < -0.3 is 20.6 Å². The maximum Gasteiger partial charge on any atom is 0.354 e. The Morgan fingerprint density at radius 1 is 0.923 bits per heavy atom. The van der Waals surface area contributed by atoms with Gasteiger partial charge in [-0.2, -0.15) is 8.42 Å². The van der Waals surface area contributed by atoms with Crippen LogP contribution in [0.15, 0.2) is 66.7 Å². The predicted octanol–water partition coefficient (Wildman–Crippen LogP) is 3.54. The summed E-state index contributed by atoms with van der Waals surface area (Å²) in [6.07, 6.45) is 3.97. The molecule has 10 nitrogen and oxygen atoms in total. The molecule has 0 radical (unpaired) electrons. The van der Waals surface area contributed by atoms with Crippen LogP contribution in [0, 0.1) is 11.3 Å². The lowest BCUT2D eigenvalue weighted by Gasteiger charge is -2.25. The molecule has 202 valence electrons. The highest BCUT2D eigenvalue weighted by atomic mass is 32.2. The molecule has 5 N–H and O–H groups in total. The summed E-state index contributed by atoms with van der Waals surface area (Å²) in [4.78, 5) is 39.0. The molecule has 4 rings (SSSR count). The Morgan fingerprint density at radius 3 is 2.18 bits per heavy atom. The molecule has 1 aliphatic carbocycles. The number of hydrogen-bond acceptors (Lipinski definition) is 7. The third-order valence-corrected chi connectivity index (χ3v) is 6.87. The number of nitrogens with one attached hydrogen (secondary N) is 3. The number of benzene rings is 3. The molecule has 3 aromatic rings. The highest BCUT2D eigenvalue weighted by molar-refractivity contribution is 7.86. The van der Waals surface area contributed by atoms with Gasteiger partial charge in [-0.05, 0) is 72.4 Å². The fraction of sp³-hybridized carbons (Fsp3) is 0.214. The van der Waals surface area contributed by atoms with Crippen molar-refractivity contribution in [2.24, 2.45) is 11.7 Å². The van der Waals surface area contributed by atoms with Crippen molar-refractivity contribution >= 4 is 39.4 Å². The molecule has 0 aromatic heterocycles. The summed E-state index contributed by atoms with van der Waals surface area (Å²) in [5.74, 6) is -1.75. The van der Waals surface area contributed by atoms with E-state index in [1.807, 2.05) is 0 Å². The summed E-state index contributed by atoms with van der Waals surface area (Å²) in [6, 6.07) is 17.1. The molecule has 0 unspecified atom stereocenters. The van der Waals surface area contributed by atoms with Crippen molar-refractivity contribution in [1.29, 1.82) is 5.41 Å². The van der Waals surface area contributed by atoms with Crippen LogP contribution in [0.1, 0.15) is 55.9 Å². The number of carbonyl (C=O) groups excluding carboxylic acids is 3. The Labute approximate surface area is 226 Å². The molecule has 0 atom stereocenters. The maximum atomic E-state index is 13.2. The third kappa shape index (κ3) is 6.88. The zero-order valence-corrected chi connectivity index (χ0v) is 22.0. The summed E-state index contributed by atoms with van der Waals surface area (Å²) < 4.78 is 28.1. The lowest BCUT2D eigenvalue weighted by atomic mass is 9.85. The van der Waals surface area contributed by atoms with Crippen molar-refractivity contribution in [3.63, 3.8) is 0 Å². The first-order valence-electron chi connectivity index (χ1n) is 12.2. The minimum atomic E-state index is -4.15. The molecule has 39 heavy (non-hydrogen) atoms. The zero-order chi connectivity index (χ0) is 28.2. The van der Waals surface area contributed by atoms with Gasteiger partial charge in [0.1, 0.15) is 5.84 Å². The Hall–Kier alpha value is -4.51. The average molecular weight is 549 g/mol. The summed E-state index contributed by atoms with van der Waals surface area (Å²) in [6.45, 7) is 0.514. The van der Waals surface area contributed by atoms with E-state index in [9.17, 15) is 22.8 Å². The highest BCUT2D eigenvalue weighted by Gasteiger charge is 2.24. The molecule has 0 heterocycles. The zero-order valence-electron chi connectivity index (χ0n) is 21.2. The smallest absolute Gasteiger partial charge is 0.354 e. The van der Waals surface area contributed by atoms with E-state index >= 15 is 0 Å². The first kappa shape index (κ1) is 27.5. The Morgan fingerprint density at radius 2 is 1.56 bits per heavy atom. The van der Waals surface area contributed by atoms with Crippen molar-refractivity contribution in [3.8, 4) is 11.1 Å². The molecule has 1 fully saturated rings. The number of nitrogen functional groups attached to an aromatic ring is 1. The van der Waals surface area contributed by atoms with Crippen molar-refractivity contribution in [1.82, 2.24) is 5.32 Å². The fourth-order valence-electron chi connectivity index (χ4n) is 4.16. The molecule has 2 amide bonds. The molecule has 1 saturated carbocycles. The van der Waals surface area contributed by atoms with Crippen molar-refractivity contribution in [2.75, 3.05) is 18.1 Å². The van der Waals surface area contributed by atoms with Crippen LogP contribution in [-0.2, 0) is 14.3 Å². The topological polar surface area (TPSA) is 169 Å². The van der Waals surface area contributed by atoms with Crippen LogP contribution >= 0.6 is 0 Å².